The second-order valence-corrected chi connectivity index (χ2v) is 4.56. The molecule has 2 N–H and O–H groups in total. The van der Waals surface area contributed by atoms with Gasteiger partial charge in [0.1, 0.15) is 6.61 Å². The normalized spacial score (nSPS) is 25.4. The van der Waals surface area contributed by atoms with E-state index in [2.05, 4.69) is 10.1 Å². The molecule has 0 saturated heterocycles. The predicted molar refractivity (Wildman–Crippen MR) is 57.7 cm³/mol. The lowest BCUT2D eigenvalue weighted by molar-refractivity contribution is -0.173. The first kappa shape index (κ1) is 14.7. The molecule has 0 spiro atoms. The average Bonchev–Trinajstić information content (AvgIpc) is 2.61. The summed E-state index contributed by atoms with van der Waals surface area (Å²) in [4.78, 5) is 0. The quantitative estimate of drug-likeness (QED) is 0.680. The Labute approximate surface area is 99.3 Å². The van der Waals surface area contributed by atoms with Crippen LogP contribution in [0.2, 0.25) is 0 Å². The van der Waals surface area contributed by atoms with Gasteiger partial charge in [0.15, 0.2) is 0 Å². The summed E-state index contributed by atoms with van der Waals surface area (Å²) in [5.74, 6) is 0.501. The first-order valence-corrected chi connectivity index (χ1v) is 6.00. The largest absolute Gasteiger partial charge is 0.411 e. The van der Waals surface area contributed by atoms with E-state index in [0.29, 0.717) is 18.9 Å². The zero-order valence-electron chi connectivity index (χ0n) is 9.80. The Morgan fingerprint density at radius 3 is 2.65 bits per heavy atom. The zero-order valence-corrected chi connectivity index (χ0v) is 9.80. The molecule has 6 heteroatoms. The Bertz CT molecular complexity index is 211. The van der Waals surface area contributed by atoms with Gasteiger partial charge < -0.3 is 15.2 Å². The lowest BCUT2D eigenvalue weighted by Gasteiger charge is -2.11. The van der Waals surface area contributed by atoms with Crippen LogP contribution >= 0.6 is 0 Å². The van der Waals surface area contributed by atoms with Gasteiger partial charge in [-0.05, 0) is 44.7 Å². The fourth-order valence-corrected chi connectivity index (χ4v) is 2.03. The molecular weight excluding hydrogens is 235 g/mol. The molecule has 0 heterocycles. The zero-order chi connectivity index (χ0) is 12.7. The minimum Gasteiger partial charge on any atom is -0.393 e. The van der Waals surface area contributed by atoms with E-state index in [-0.39, 0.29) is 12.7 Å². The molecule has 1 aliphatic carbocycles. The van der Waals surface area contributed by atoms with Crippen LogP contribution in [0.3, 0.4) is 0 Å². The van der Waals surface area contributed by atoms with E-state index in [4.69, 9.17) is 0 Å². The molecule has 1 rings (SSSR count). The Hall–Kier alpha value is -0.330. The highest BCUT2D eigenvalue weighted by Gasteiger charge is 2.27. The second-order valence-electron chi connectivity index (χ2n) is 4.56. The maximum atomic E-state index is 11.7. The summed E-state index contributed by atoms with van der Waals surface area (Å²) >= 11 is 0. The van der Waals surface area contributed by atoms with Crippen molar-refractivity contribution in [2.45, 2.75) is 38.0 Å². The molecule has 0 aromatic carbocycles. The monoisotopic (exact) mass is 255 g/mol. The molecule has 1 saturated carbocycles. The molecule has 0 bridgehead atoms. The Kier molecular flexibility index (Phi) is 6.22. The van der Waals surface area contributed by atoms with Crippen LogP contribution in [-0.2, 0) is 4.74 Å². The van der Waals surface area contributed by atoms with E-state index in [1.807, 2.05) is 0 Å². The first-order chi connectivity index (χ1) is 7.97. The molecule has 1 fully saturated rings. The van der Waals surface area contributed by atoms with Crippen LogP contribution in [0.4, 0.5) is 13.2 Å². The number of nitrogens with one attached hydrogen (secondary N) is 1. The Morgan fingerprint density at radius 2 is 2.06 bits per heavy atom. The molecule has 0 aromatic heterocycles. The first-order valence-electron chi connectivity index (χ1n) is 6.00. The number of hydrogen-bond acceptors (Lipinski definition) is 3. The number of rotatable bonds is 7. The van der Waals surface area contributed by atoms with Gasteiger partial charge in [-0.1, -0.05) is 0 Å². The fraction of sp³-hybridized carbons (Fsp3) is 1.00. The molecule has 0 aromatic rings. The van der Waals surface area contributed by atoms with Crippen LogP contribution in [0.25, 0.3) is 0 Å². The summed E-state index contributed by atoms with van der Waals surface area (Å²) in [7, 11) is 0. The molecule has 17 heavy (non-hydrogen) atoms. The van der Waals surface area contributed by atoms with Crippen molar-refractivity contribution in [2.75, 3.05) is 26.3 Å². The summed E-state index contributed by atoms with van der Waals surface area (Å²) in [6.45, 7) is 0.447. The third kappa shape index (κ3) is 7.57. The molecular formula is C11H20F3NO2. The van der Waals surface area contributed by atoms with Crippen molar-refractivity contribution in [3.05, 3.63) is 0 Å². The number of aliphatic hydroxyl groups excluding tert-OH is 1. The Balaban J connectivity index is 1.85. The van der Waals surface area contributed by atoms with Gasteiger partial charge >= 0.3 is 6.18 Å². The molecule has 0 aliphatic heterocycles. The van der Waals surface area contributed by atoms with Gasteiger partial charge in [-0.2, -0.15) is 13.2 Å². The summed E-state index contributed by atoms with van der Waals surface area (Å²) < 4.78 is 39.6. The summed E-state index contributed by atoms with van der Waals surface area (Å²) in [6, 6.07) is 0. The van der Waals surface area contributed by atoms with Crippen molar-refractivity contribution in [3.63, 3.8) is 0 Å². The number of ether oxygens (including phenoxy) is 1. The smallest absolute Gasteiger partial charge is 0.393 e. The molecule has 3 nitrogen and oxygen atoms in total. The summed E-state index contributed by atoms with van der Waals surface area (Å²) in [5.41, 5.74) is 0. The van der Waals surface area contributed by atoms with E-state index in [1.165, 1.54) is 0 Å². The number of hydrogen-bond donors (Lipinski definition) is 2. The summed E-state index contributed by atoms with van der Waals surface area (Å²) in [6.07, 6.45) is -1.10. The van der Waals surface area contributed by atoms with Gasteiger partial charge in [-0.25, -0.2) is 0 Å². The maximum Gasteiger partial charge on any atom is 0.411 e. The fourth-order valence-electron chi connectivity index (χ4n) is 2.03. The summed E-state index contributed by atoms with van der Waals surface area (Å²) in [5, 5.41) is 12.5. The van der Waals surface area contributed by atoms with Gasteiger partial charge in [-0.15, -0.1) is 0 Å². The van der Waals surface area contributed by atoms with Crippen LogP contribution in [0, 0.1) is 5.92 Å². The predicted octanol–water partition coefficient (Wildman–Crippen LogP) is 1.71. The van der Waals surface area contributed by atoms with Gasteiger partial charge in [0.2, 0.25) is 0 Å². The third-order valence-corrected chi connectivity index (χ3v) is 2.85. The molecule has 102 valence electrons. The van der Waals surface area contributed by atoms with E-state index in [9.17, 15) is 18.3 Å². The van der Waals surface area contributed by atoms with Crippen molar-refractivity contribution in [1.29, 1.82) is 0 Å². The lowest BCUT2D eigenvalue weighted by Crippen LogP contribution is -2.24. The Morgan fingerprint density at radius 1 is 1.29 bits per heavy atom. The van der Waals surface area contributed by atoms with Crippen molar-refractivity contribution < 1.29 is 23.0 Å². The molecule has 0 radical (unpaired) electrons. The minimum absolute atomic E-state index is 0.125. The molecule has 0 amide bonds. The van der Waals surface area contributed by atoms with Crippen molar-refractivity contribution in [2.24, 2.45) is 5.92 Å². The average molecular weight is 255 g/mol. The van der Waals surface area contributed by atoms with E-state index >= 15 is 0 Å². The van der Waals surface area contributed by atoms with Crippen molar-refractivity contribution in [1.82, 2.24) is 5.32 Å². The number of halogens is 3. The SMILES string of the molecule is OC1CCC(CNCCCOCC(F)(F)F)C1. The van der Waals surface area contributed by atoms with E-state index < -0.39 is 12.8 Å². The van der Waals surface area contributed by atoms with Crippen LogP contribution in [-0.4, -0.2) is 43.7 Å². The maximum absolute atomic E-state index is 11.7. The topological polar surface area (TPSA) is 41.5 Å². The standard InChI is InChI=1S/C11H20F3NO2/c12-11(13,14)8-17-5-1-4-15-7-9-2-3-10(16)6-9/h9-10,15-16H,1-8H2. The van der Waals surface area contributed by atoms with Gasteiger partial charge in [-0.3, -0.25) is 0 Å². The molecule has 1 aliphatic rings. The highest BCUT2D eigenvalue weighted by Crippen LogP contribution is 2.24. The van der Waals surface area contributed by atoms with E-state index in [1.54, 1.807) is 0 Å². The van der Waals surface area contributed by atoms with Crippen LogP contribution in [0.15, 0.2) is 0 Å². The van der Waals surface area contributed by atoms with Crippen LogP contribution in [0.1, 0.15) is 25.7 Å². The number of alkyl halides is 3. The third-order valence-electron chi connectivity index (χ3n) is 2.85. The van der Waals surface area contributed by atoms with Gasteiger partial charge in [0.05, 0.1) is 6.10 Å². The lowest BCUT2D eigenvalue weighted by atomic mass is 10.1. The number of aliphatic hydroxyl groups is 1. The highest BCUT2D eigenvalue weighted by molar-refractivity contribution is 4.75. The van der Waals surface area contributed by atoms with Crippen LogP contribution < -0.4 is 5.32 Å². The van der Waals surface area contributed by atoms with Gasteiger partial charge in [0.25, 0.3) is 0 Å². The molecule has 2 unspecified atom stereocenters. The highest BCUT2D eigenvalue weighted by atomic mass is 19.4. The minimum atomic E-state index is -4.23. The van der Waals surface area contributed by atoms with Crippen molar-refractivity contribution >= 4 is 0 Å². The second kappa shape index (κ2) is 7.18. The molecule has 2 atom stereocenters. The van der Waals surface area contributed by atoms with E-state index in [0.717, 1.165) is 25.8 Å². The van der Waals surface area contributed by atoms with Crippen molar-refractivity contribution in [3.8, 4) is 0 Å². The van der Waals surface area contributed by atoms with Gasteiger partial charge in [0, 0.05) is 6.61 Å². The van der Waals surface area contributed by atoms with Crippen LogP contribution in [0.5, 0.6) is 0 Å².